The molecule has 0 aliphatic rings. The van der Waals surface area contributed by atoms with E-state index in [9.17, 15) is 44.4 Å². The van der Waals surface area contributed by atoms with Gasteiger partial charge < -0.3 is 70.2 Å². The van der Waals surface area contributed by atoms with Crippen molar-refractivity contribution in [1.29, 1.82) is 0 Å². The fourth-order valence-electron chi connectivity index (χ4n) is 2.21. The van der Waals surface area contributed by atoms with Gasteiger partial charge in [0, 0.05) is 0 Å². The number of carboxylic acid groups (broad SMARTS) is 5. The van der Waals surface area contributed by atoms with Crippen molar-refractivity contribution in [3.8, 4) is 0 Å². The smallest absolute Gasteiger partial charge is 0.545 e. The Morgan fingerprint density at radius 1 is 0.615 bits per heavy atom. The molecule has 2 aromatic rings. The summed E-state index contributed by atoms with van der Waals surface area (Å²) in [7, 11) is 0. The van der Waals surface area contributed by atoms with E-state index < -0.39 is 60.9 Å². The quantitative estimate of drug-likeness (QED) is 0.139. The maximum absolute atomic E-state index is 10.3. The normalized spacial score (nSPS) is 12.5. The van der Waals surface area contributed by atoms with E-state index in [2.05, 4.69) is 0 Å². The molecule has 0 amide bonds. The van der Waals surface area contributed by atoms with Gasteiger partial charge in [0.15, 0.2) is 6.10 Å². The molecule has 0 aromatic heterocycles. The van der Waals surface area contributed by atoms with Crippen molar-refractivity contribution in [1.82, 2.24) is 0 Å². The van der Waals surface area contributed by atoms with Crippen LogP contribution in [-0.4, -0.2) is 91.5 Å². The molecular weight excluding hydrogens is 622 g/mol. The number of hydrogen-bond acceptors (Lipinski definition) is 14. The molecule has 2 rings (SSSR count). The Bertz CT molecular complexity index is 982. The number of benzene rings is 2. The molecule has 15 nitrogen and oxygen atoms in total. The molecule has 0 bridgehead atoms. The molecule has 218 valence electrons. The SMILES string of the molecule is O=C(O)C(O)C(O)C(O)C(O)CO.O=C([O-])c1cccc(C(=O)[O-])c1.O=C([O-])c1cccc(C(=O)[O-])c1.[Ni+2].[Ni+2]. The van der Waals surface area contributed by atoms with Crippen LogP contribution in [0, 0.1) is 0 Å². The van der Waals surface area contributed by atoms with Gasteiger partial charge in [0.05, 0.1) is 30.5 Å². The number of aliphatic hydroxyl groups is 5. The summed E-state index contributed by atoms with van der Waals surface area (Å²) in [5.41, 5.74) is -0.679. The van der Waals surface area contributed by atoms with Crippen LogP contribution in [0.5, 0.6) is 0 Å². The van der Waals surface area contributed by atoms with Crippen LogP contribution in [0.2, 0.25) is 0 Å². The van der Waals surface area contributed by atoms with Crippen molar-refractivity contribution in [2.75, 3.05) is 6.61 Å². The molecular formula is C22H20Ni2O15. The van der Waals surface area contributed by atoms with E-state index in [1.165, 1.54) is 36.4 Å². The third kappa shape index (κ3) is 14.3. The van der Waals surface area contributed by atoms with Gasteiger partial charge in [-0.3, -0.25) is 0 Å². The van der Waals surface area contributed by atoms with E-state index in [1.54, 1.807) is 0 Å². The Morgan fingerprint density at radius 3 is 1.10 bits per heavy atom. The summed E-state index contributed by atoms with van der Waals surface area (Å²) in [4.78, 5) is 51.1. The molecule has 39 heavy (non-hydrogen) atoms. The summed E-state index contributed by atoms with van der Waals surface area (Å²) in [5.74, 6) is -7.34. The zero-order valence-corrected chi connectivity index (χ0v) is 21.1. The van der Waals surface area contributed by atoms with Gasteiger partial charge in [0.25, 0.3) is 0 Å². The molecule has 0 spiro atoms. The molecule has 0 aliphatic carbocycles. The molecule has 0 aliphatic heterocycles. The summed E-state index contributed by atoms with van der Waals surface area (Å²) >= 11 is 0. The van der Waals surface area contributed by atoms with E-state index in [0.717, 1.165) is 12.1 Å². The van der Waals surface area contributed by atoms with Crippen molar-refractivity contribution in [3.63, 3.8) is 0 Å². The monoisotopic (exact) mass is 640 g/mol. The number of carboxylic acids is 5. The first-order valence-electron chi connectivity index (χ1n) is 9.75. The average molecular weight is 642 g/mol. The largest absolute Gasteiger partial charge is 2.00 e. The summed E-state index contributed by atoms with van der Waals surface area (Å²) in [5, 5.41) is 92.8. The van der Waals surface area contributed by atoms with Gasteiger partial charge in [-0.05, 0) is 34.4 Å². The standard InChI is InChI=1S/2C8H6O4.C6H12O7.2Ni/c2*9-7(10)5-2-1-3-6(4-5)8(11)12;7-1-2(8)3(9)4(10)5(11)6(12)13;;/h2*1-4H,(H,9,10)(H,11,12);2-5,7-11H,1H2,(H,12,13);;/q;;;2*+2/p-4. The second-order valence-electron chi connectivity index (χ2n) is 6.83. The second kappa shape index (κ2) is 19.6. The van der Waals surface area contributed by atoms with E-state index in [0.29, 0.717) is 0 Å². The number of carbonyl (C=O) groups is 5. The zero-order chi connectivity index (χ0) is 28.9. The molecule has 4 atom stereocenters. The van der Waals surface area contributed by atoms with Crippen molar-refractivity contribution in [3.05, 3.63) is 70.8 Å². The first-order chi connectivity index (χ1) is 17.1. The minimum atomic E-state index is -2.20. The minimum absolute atomic E-state index is 0. The van der Waals surface area contributed by atoms with Crippen molar-refractivity contribution in [2.24, 2.45) is 0 Å². The number of aliphatic carboxylic acids is 1. The van der Waals surface area contributed by atoms with Gasteiger partial charge in [-0.2, -0.15) is 0 Å². The number of carbonyl (C=O) groups excluding carboxylic acids is 4. The zero-order valence-electron chi connectivity index (χ0n) is 19.1. The van der Waals surface area contributed by atoms with Gasteiger partial charge in [-0.1, -0.05) is 36.4 Å². The summed E-state index contributed by atoms with van der Waals surface area (Å²) in [6.07, 6.45) is -7.84. The van der Waals surface area contributed by atoms with Gasteiger partial charge in [0.1, 0.15) is 18.3 Å². The Morgan fingerprint density at radius 2 is 0.897 bits per heavy atom. The molecule has 17 heteroatoms. The predicted molar refractivity (Wildman–Crippen MR) is 109 cm³/mol. The average Bonchev–Trinajstić information content (AvgIpc) is 2.87. The van der Waals surface area contributed by atoms with Crippen LogP contribution in [0.1, 0.15) is 41.4 Å². The minimum Gasteiger partial charge on any atom is -0.545 e. The Balaban J connectivity index is -0.000000486. The van der Waals surface area contributed by atoms with Crippen molar-refractivity contribution < 1.29 is 108 Å². The first-order valence-corrected chi connectivity index (χ1v) is 9.75. The van der Waals surface area contributed by atoms with Crippen LogP contribution < -0.4 is 20.4 Å². The van der Waals surface area contributed by atoms with Crippen LogP contribution in [0.25, 0.3) is 0 Å². The molecule has 4 unspecified atom stereocenters. The topological polar surface area (TPSA) is 299 Å². The molecule has 6 N–H and O–H groups in total. The Labute approximate surface area is 239 Å². The van der Waals surface area contributed by atoms with E-state index in [1.807, 2.05) is 0 Å². The number of rotatable bonds is 9. The molecule has 0 saturated heterocycles. The van der Waals surface area contributed by atoms with Gasteiger partial charge in [0.2, 0.25) is 0 Å². The van der Waals surface area contributed by atoms with E-state index >= 15 is 0 Å². The van der Waals surface area contributed by atoms with E-state index in [4.69, 9.17) is 30.6 Å². The second-order valence-corrected chi connectivity index (χ2v) is 6.83. The van der Waals surface area contributed by atoms with Crippen LogP contribution in [0.15, 0.2) is 48.5 Å². The van der Waals surface area contributed by atoms with Crippen LogP contribution in [-0.2, 0) is 37.8 Å². The Kier molecular flexibility index (Phi) is 20.2. The fraction of sp³-hybridized carbons (Fsp3) is 0.227. The Hall–Kier alpha value is -3.42. The summed E-state index contributed by atoms with van der Waals surface area (Å²) in [6, 6.07) is 9.62. The van der Waals surface area contributed by atoms with Crippen molar-refractivity contribution in [2.45, 2.75) is 24.4 Å². The molecule has 0 heterocycles. The number of aliphatic hydroxyl groups excluding tert-OH is 5. The predicted octanol–water partition coefficient (Wildman–Crippen LogP) is -6.67. The summed E-state index contributed by atoms with van der Waals surface area (Å²) < 4.78 is 0. The fourth-order valence-corrected chi connectivity index (χ4v) is 2.21. The van der Waals surface area contributed by atoms with Crippen LogP contribution in [0.4, 0.5) is 0 Å². The first kappa shape index (κ1) is 40.1. The molecule has 0 radical (unpaired) electrons. The van der Waals surface area contributed by atoms with E-state index in [-0.39, 0.29) is 55.2 Å². The molecule has 0 fully saturated rings. The third-order valence-electron chi connectivity index (χ3n) is 4.18. The van der Waals surface area contributed by atoms with Crippen molar-refractivity contribution >= 4 is 29.8 Å². The van der Waals surface area contributed by atoms with Gasteiger partial charge >= 0.3 is 39.0 Å². The van der Waals surface area contributed by atoms with Gasteiger partial charge in [-0.15, -0.1) is 0 Å². The number of hydrogen-bond donors (Lipinski definition) is 6. The molecule has 2 aromatic carbocycles. The van der Waals surface area contributed by atoms with Gasteiger partial charge in [-0.25, -0.2) is 4.79 Å². The maximum atomic E-state index is 10.3. The molecule has 0 saturated carbocycles. The van der Waals surface area contributed by atoms with Crippen LogP contribution in [0.3, 0.4) is 0 Å². The van der Waals surface area contributed by atoms with Crippen LogP contribution >= 0.6 is 0 Å². The summed E-state index contributed by atoms with van der Waals surface area (Å²) in [6.45, 7) is -0.843. The number of aromatic carboxylic acids is 4. The third-order valence-corrected chi connectivity index (χ3v) is 4.18. The maximum Gasteiger partial charge on any atom is 2.00 e.